The number of aliphatic hydroxyl groups is 2. The van der Waals surface area contributed by atoms with Crippen LogP contribution >= 0.6 is 0 Å². The van der Waals surface area contributed by atoms with Crippen LogP contribution in [0.25, 0.3) is 11.1 Å². The van der Waals surface area contributed by atoms with Gasteiger partial charge in [0.25, 0.3) is 20.2 Å². The van der Waals surface area contributed by atoms with E-state index in [0.717, 1.165) is 18.1 Å². The lowest BCUT2D eigenvalue weighted by Crippen LogP contribution is -2.63. The van der Waals surface area contributed by atoms with Crippen molar-refractivity contribution in [2.75, 3.05) is 61.3 Å². The largest absolute Gasteiger partial charge is 0.493 e. The summed E-state index contributed by atoms with van der Waals surface area (Å²) in [5.74, 6) is 1.01. The quantitative estimate of drug-likeness (QED) is 0.233. The molecular weight excluding hydrogens is 672 g/mol. The van der Waals surface area contributed by atoms with Crippen LogP contribution in [0.2, 0.25) is 0 Å². The van der Waals surface area contributed by atoms with E-state index in [4.69, 9.17) is 36.8 Å². The smallest absolute Gasteiger partial charge is 0.264 e. The van der Waals surface area contributed by atoms with Crippen LogP contribution in [0.15, 0.2) is 42.5 Å². The molecule has 48 heavy (non-hydrogen) atoms. The summed E-state index contributed by atoms with van der Waals surface area (Å²) >= 11 is 0. The van der Waals surface area contributed by atoms with Crippen molar-refractivity contribution in [2.45, 2.75) is 30.7 Å². The fraction of sp³-hybridized carbons (Fsp3) is 0.438. The van der Waals surface area contributed by atoms with E-state index in [1.165, 1.54) is 47.7 Å². The topological polar surface area (TPSA) is 183 Å². The number of benzene rings is 3. The number of fused-ring (bicyclic) bond motifs is 3. The lowest BCUT2D eigenvalue weighted by atomic mass is 9.71. The van der Waals surface area contributed by atoms with Crippen LogP contribution in [0.1, 0.15) is 16.7 Å². The Morgan fingerprint density at radius 3 is 1.44 bits per heavy atom. The van der Waals surface area contributed by atoms with Crippen LogP contribution in [-0.4, -0.2) is 99.5 Å². The van der Waals surface area contributed by atoms with Gasteiger partial charge in [0.05, 0.1) is 61.3 Å². The van der Waals surface area contributed by atoms with E-state index in [1.54, 1.807) is 0 Å². The minimum Gasteiger partial charge on any atom is -0.493 e. The fourth-order valence-electron chi connectivity index (χ4n) is 5.65. The zero-order valence-corrected chi connectivity index (χ0v) is 29.3. The second-order valence-electron chi connectivity index (χ2n) is 11.3. The van der Waals surface area contributed by atoms with Crippen molar-refractivity contribution in [3.63, 3.8) is 0 Å². The van der Waals surface area contributed by atoms with Crippen molar-refractivity contribution in [1.29, 1.82) is 0 Å². The molecule has 1 aliphatic carbocycles. The van der Waals surface area contributed by atoms with Crippen LogP contribution in [0, 0.1) is 0 Å². The Hall–Kier alpha value is -3.80. The molecule has 4 rings (SSSR count). The lowest BCUT2D eigenvalue weighted by Gasteiger charge is -2.45. The van der Waals surface area contributed by atoms with Gasteiger partial charge in [-0.25, -0.2) is 0 Å². The van der Waals surface area contributed by atoms with Gasteiger partial charge in [0.2, 0.25) is 11.5 Å². The fourth-order valence-corrected chi connectivity index (χ4v) is 6.47. The van der Waals surface area contributed by atoms with Gasteiger partial charge in [0, 0.05) is 24.0 Å². The summed E-state index contributed by atoms with van der Waals surface area (Å²) in [6, 6.07) is 12.4. The predicted molar refractivity (Wildman–Crippen MR) is 174 cm³/mol. The Balaban J connectivity index is 2.12. The number of ether oxygens (including phenoxy) is 6. The Morgan fingerprint density at radius 1 is 0.625 bits per heavy atom. The van der Waals surface area contributed by atoms with Crippen LogP contribution in [0.5, 0.6) is 34.5 Å². The maximum atomic E-state index is 12.3. The normalized spacial score (nSPS) is 19.3. The van der Waals surface area contributed by atoms with Gasteiger partial charge in [-0.05, 0) is 28.8 Å². The molecule has 0 radical (unpaired) electrons. The van der Waals surface area contributed by atoms with Crippen molar-refractivity contribution < 1.29 is 63.8 Å². The van der Waals surface area contributed by atoms with Crippen molar-refractivity contribution in [3.8, 4) is 45.6 Å². The van der Waals surface area contributed by atoms with Gasteiger partial charge in [-0.2, -0.15) is 16.8 Å². The Morgan fingerprint density at radius 2 is 1.04 bits per heavy atom. The molecule has 0 amide bonds. The van der Waals surface area contributed by atoms with E-state index in [-0.39, 0.29) is 52.2 Å². The van der Waals surface area contributed by atoms with E-state index in [1.807, 2.05) is 30.3 Å². The van der Waals surface area contributed by atoms with Crippen molar-refractivity contribution in [3.05, 3.63) is 59.2 Å². The van der Waals surface area contributed by atoms with Crippen LogP contribution < -0.4 is 28.4 Å². The van der Waals surface area contributed by atoms with Gasteiger partial charge in [0.1, 0.15) is 17.8 Å². The van der Waals surface area contributed by atoms with E-state index in [9.17, 15) is 27.0 Å². The van der Waals surface area contributed by atoms with E-state index >= 15 is 0 Å². The average molecular weight is 713 g/mol. The minimum absolute atomic E-state index is 0.122. The highest BCUT2D eigenvalue weighted by Crippen LogP contribution is 2.56. The van der Waals surface area contributed by atoms with Gasteiger partial charge in [0.15, 0.2) is 23.0 Å². The highest BCUT2D eigenvalue weighted by Gasteiger charge is 2.54. The third-order valence-corrected chi connectivity index (χ3v) is 9.04. The molecule has 2 N–H and O–H groups in total. The second-order valence-corrected chi connectivity index (χ2v) is 14.6. The summed E-state index contributed by atoms with van der Waals surface area (Å²) in [5, 5.41) is 24.6. The summed E-state index contributed by atoms with van der Waals surface area (Å²) in [7, 11) is -1.33. The number of rotatable bonds is 14. The molecule has 14 nitrogen and oxygen atoms in total. The molecule has 0 unspecified atom stereocenters. The number of hydrogen-bond donors (Lipinski definition) is 2. The molecule has 0 aliphatic heterocycles. The summed E-state index contributed by atoms with van der Waals surface area (Å²) in [6.45, 7) is -1.84. The van der Waals surface area contributed by atoms with Crippen LogP contribution in [-0.2, 0) is 48.1 Å². The first kappa shape index (κ1) is 37.0. The molecule has 0 fully saturated rings. The highest BCUT2D eigenvalue weighted by molar-refractivity contribution is 7.86. The number of hydrogen-bond acceptors (Lipinski definition) is 14. The molecule has 0 spiro atoms. The summed E-state index contributed by atoms with van der Waals surface area (Å²) in [6.07, 6.45) is 0.508. The van der Waals surface area contributed by atoms with Gasteiger partial charge in [-0.15, -0.1) is 0 Å². The maximum Gasteiger partial charge on any atom is 0.264 e. The van der Waals surface area contributed by atoms with Gasteiger partial charge in [-0.3, -0.25) is 8.37 Å². The molecule has 2 atom stereocenters. The highest BCUT2D eigenvalue weighted by atomic mass is 32.2. The Kier molecular flexibility index (Phi) is 11.1. The van der Waals surface area contributed by atoms with E-state index < -0.39 is 57.5 Å². The molecule has 0 saturated heterocycles. The first-order valence-electron chi connectivity index (χ1n) is 14.4. The molecule has 1 aliphatic rings. The Labute approximate surface area is 280 Å². The van der Waals surface area contributed by atoms with Gasteiger partial charge < -0.3 is 38.6 Å². The van der Waals surface area contributed by atoms with Crippen molar-refractivity contribution in [2.24, 2.45) is 0 Å². The molecular formula is C32H40O14S2. The molecule has 0 saturated carbocycles. The summed E-state index contributed by atoms with van der Waals surface area (Å²) in [4.78, 5) is 0. The first-order valence-corrected chi connectivity index (χ1v) is 18.1. The van der Waals surface area contributed by atoms with Crippen molar-refractivity contribution in [1.82, 2.24) is 0 Å². The molecule has 0 heterocycles. The predicted octanol–water partition coefficient (Wildman–Crippen LogP) is 2.49. The monoisotopic (exact) mass is 712 g/mol. The standard InChI is InChI=1S/C32H40O14S2/c1-39-23-13-21-15-31(33,18-45-47(6,35)36)32(34,19-46-48(7,37)38)16-22-14-24(40-2)28(44-17-20-11-9-8-10-12-20)30(43-5)26(22)25(21)29(42-4)27(23)41-3/h8-14,33-34H,15-19H2,1-7H3/t31-,32+/m1/s1. The third-order valence-electron chi connectivity index (χ3n) is 7.95. The molecule has 3 aromatic carbocycles. The zero-order valence-electron chi connectivity index (χ0n) is 27.7. The number of methoxy groups -OCH3 is 5. The summed E-state index contributed by atoms with van der Waals surface area (Å²) in [5.41, 5.74) is -3.02. The third kappa shape index (κ3) is 7.74. The van der Waals surface area contributed by atoms with E-state index in [2.05, 4.69) is 0 Å². The lowest BCUT2D eigenvalue weighted by molar-refractivity contribution is -0.180. The molecule has 0 bridgehead atoms. The van der Waals surface area contributed by atoms with Gasteiger partial charge in [-0.1, -0.05) is 30.3 Å². The maximum absolute atomic E-state index is 12.3. The SMILES string of the molecule is COc1cc2c(c(OC)c1OC)-c1c(cc(OC)c(OCc3ccccc3)c1OC)C[C@](O)(COS(C)(=O)=O)[C@](O)(COS(C)(=O)=O)C2. The molecule has 0 aromatic heterocycles. The zero-order chi connectivity index (χ0) is 35.5. The minimum atomic E-state index is -4.17. The second kappa shape index (κ2) is 14.4. The Bertz CT molecular complexity index is 1840. The molecule has 264 valence electrons. The summed E-state index contributed by atoms with van der Waals surface area (Å²) < 4.78 is 93.8. The average Bonchev–Trinajstić information content (AvgIpc) is 3.04. The van der Waals surface area contributed by atoms with Crippen molar-refractivity contribution >= 4 is 20.2 Å². The van der Waals surface area contributed by atoms with E-state index in [0.29, 0.717) is 11.1 Å². The van der Waals surface area contributed by atoms with Crippen LogP contribution in [0.3, 0.4) is 0 Å². The van der Waals surface area contributed by atoms with Crippen LogP contribution in [0.4, 0.5) is 0 Å². The first-order chi connectivity index (χ1) is 22.5. The molecule has 16 heteroatoms. The van der Waals surface area contributed by atoms with Gasteiger partial charge >= 0.3 is 0 Å². The molecule has 3 aromatic rings.